The Morgan fingerprint density at radius 3 is 2.59 bits per heavy atom. The number of benzene rings is 1. The van der Waals surface area contributed by atoms with E-state index in [4.69, 9.17) is 27.9 Å². The van der Waals surface area contributed by atoms with Crippen molar-refractivity contribution in [2.75, 3.05) is 42.6 Å². The second-order valence-electron chi connectivity index (χ2n) is 5.44. The maximum atomic E-state index is 12.0. The highest BCUT2D eigenvalue weighted by Gasteiger charge is 2.34. The van der Waals surface area contributed by atoms with Gasteiger partial charge in [0, 0.05) is 31.7 Å². The number of hydrogen-bond donors (Lipinski definition) is 0. The zero-order valence-corrected chi connectivity index (χ0v) is 13.4. The summed E-state index contributed by atoms with van der Waals surface area (Å²) < 4.78 is 5.33. The molecule has 2 heterocycles. The summed E-state index contributed by atoms with van der Waals surface area (Å²) in [7, 11) is 0. The first-order valence-corrected chi connectivity index (χ1v) is 7.94. The number of amides is 1. The first-order valence-electron chi connectivity index (χ1n) is 7.18. The summed E-state index contributed by atoms with van der Waals surface area (Å²) >= 11 is 11.9. The van der Waals surface area contributed by atoms with Crippen LogP contribution in [-0.2, 0) is 14.3 Å². The van der Waals surface area contributed by atoms with E-state index in [1.165, 1.54) is 0 Å². The molecule has 1 aromatic carbocycles. The number of hydrogen-bond acceptors (Lipinski definition) is 4. The minimum Gasteiger partial charge on any atom is -0.378 e. The molecular weight excluding hydrogens is 327 g/mol. The third-order valence-electron chi connectivity index (χ3n) is 4.04. The maximum absolute atomic E-state index is 12.0. The van der Waals surface area contributed by atoms with Crippen molar-refractivity contribution < 1.29 is 14.3 Å². The normalized spacial score (nSPS) is 22.3. The molecule has 2 aliphatic heterocycles. The lowest BCUT2D eigenvalue weighted by atomic mass is 10.1. The van der Waals surface area contributed by atoms with Crippen molar-refractivity contribution in [2.45, 2.75) is 6.42 Å². The standard InChI is InChI=1S/C15H16Cl2N2O3/c16-12-8-11(19-9-10(15(17)21)7-14(19)20)1-2-13(12)18-3-5-22-6-4-18/h1-2,8,10H,3-7,9H2/t10-/m0/s1. The average molecular weight is 343 g/mol. The van der Waals surface area contributed by atoms with Gasteiger partial charge in [-0.25, -0.2) is 0 Å². The summed E-state index contributed by atoms with van der Waals surface area (Å²) in [6, 6.07) is 5.53. The zero-order chi connectivity index (χ0) is 15.7. The molecule has 0 bridgehead atoms. The van der Waals surface area contributed by atoms with Crippen LogP contribution in [0, 0.1) is 5.92 Å². The highest BCUT2D eigenvalue weighted by molar-refractivity contribution is 6.64. The van der Waals surface area contributed by atoms with Crippen molar-refractivity contribution >= 4 is 45.7 Å². The molecule has 0 radical (unpaired) electrons. The molecule has 2 fully saturated rings. The minimum absolute atomic E-state index is 0.103. The lowest BCUT2D eigenvalue weighted by Crippen LogP contribution is -2.36. The molecule has 0 unspecified atom stereocenters. The molecular formula is C15H16Cl2N2O3. The highest BCUT2D eigenvalue weighted by Crippen LogP contribution is 2.33. The molecule has 1 aromatic rings. The first-order chi connectivity index (χ1) is 10.6. The van der Waals surface area contributed by atoms with Gasteiger partial charge in [0.15, 0.2) is 0 Å². The van der Waals surface area contributed by atoms with Crippen molar-refractivity contribution in [3.63, 3.8) is 0 Å². The van der Waals surface area contributed by atoms with Gasteiger partial charge in [0.1, 0.15) is 0 Å². The average Bonchev–Trinajstić information content (AvgIpc) is 2.90. The third-order valence-corrected chi connectivity index (χ3v) is 4.65. The topological polar surface area (TPSA) is 49.9 Å². The minimum atomic E-state index is -0.466. The number of halogens is 2. The van der Waals surface area contributed by atoms with Gasteiger partial charge < -0.3 is 14.5 Å². The van der Waals surface area contributed by atoms with E-state index in [1.54, 1.807) is 11.0 Å². The van der Waals surface area contributed by atoms with Gasteiger partial charge in [0.2, 0.25) is 11.1 Å². The molecule has 5 nitrogen and oxygen atoms in total. The quantitative estimate of drug-likeness (QED) is 0.791. The van der Waals surface area contributed by atoms with Crippen LogP contribution in [0.5, 0.6) is 0 Å². The van der Waals surface area contributed by atoms with Crippen molar-refractivity contribution in [1.82, 2.24) is 0 Å². The van der Waals surface area contributed by atoms with Gasteiger partial charge in [-0.3, -0.25) is 9.59 Å². The van der Waals surface area contributed by atoms with E-state index in [-0.39, 0.29) is 12.3 Å². The molecule has 2 saturated heterocycles. The van der Waals surface area contributed by atoms with Gasteiger partial charge in [0.25, 0.3) is 0 Å². The molecule has 1 atom stereocenters. The number of nitrogens with zero attached hydrogens (tertiary/aromatic N) is 2. The van der Waals surface area contributed by atoms with E-state index in [1.807, 2.05) is 12.1 Å². The molecule has 3 rings (SSSR count). The Hall–Kier alpha value is -1.30. The van der Waals surface area contributed by atoms with Crippen LogP contribution in [-0.4, -0.2) is 44.0 Å². The van der Waals surface area contributed by atoms with E-state index in [2.05, 4.69) is 4.90 Å². The SMILES string of the molecule is O=C(Cl)[C@H]1CC(=O)N(c2ccc(N3CCOCC3)c(Cl)c2)C1. The Kier molecular flexibility index (Phi) is 4.57. The van der Waals surface area contributed by atoms with Gasteiger partial charge in [0.05, 0.1) is 29.8 Å². The van der Waals surface area contributed by atoms with Crippen molar-refractivity contribution in [2.24, 2.45) is 5.92 Å². The van der Waals surface area contributed by atoms with Gasteiger partial charge in [-0.2, -0.15) is 0 Å². The fourth-order valence-electron chi connectivity index (χ4n) is 2.83. The fraction of sp³-hybridized carbons (Fsp3) is 0.467. The summed E-state index contributed by atoms with van der Waals surface area (Å²) in [5.41, 5.74) is 1.64. The van der Waals surface area contributed by atoms with Crippen molar-refractivity contribution in [1.29, 1.82) is 0 Å². The van der Waals surface area contributed by atoms with Gasteiger partial charge in [-0.1, -0.05) is 11.6 Å². The number of ether oxygens (including phenoxy) is 1. The maximum Gasteiger partial charge on any atom is 0.227 e. The number of morpholine rings is 1. The first kappa shape index (κ1) is 15.6. The molecule has 0 N–H and O–H groups in total. The summed E-state index contributed by atoms with van der Waals surface area (Å²) in [5, 5.41) is 0.125. The number of carbonyl (C=O) groups excluding carboxylic acids is 2. The largest absolute Gasteiger partial charge is 0.378 e. The molecule has 1 amide bonds. The Morgan fingerprint density at radius 2 is 2.00 bits per heavy atom. The molecule has 118 valence electrons. The van der Waals surface area contributed by atoms with Crippen LogP contribution in [0.3, 0.4) is 0 Å². The Bertz CT molecular complexity index is 602. The van der Waals surface area contributed by atoms with E-state index in [9.17, 15) is 9.59 Å². The van der Waals surface area contributed by atoms with E-state index in [0.29, 0.717) is 30.5 Å². The predicted molar refractivity (Wildman–Crippen MR) is 85.8 cm³/mol. The summed E-state index contributed by atoms with van der Waals surface area (Å²) in [6.07, 6.45) is 0.158. The summed E-state index contributed by atoms with van der Waals surface area (Å²) in [4.78, 5) is 27.0. The van der Waals surface area contributed by atoms with Crippen molar-refractivity contribution in [3.8, 4) is 0 Å². The molecule has 0 saturated carbocycles. The summed E-state index contributed by atoms with van der Waals surface area (Å²) in [6.45, 7) is 3.27. The van der Waals surface area contributed by atoms with Crippen LogP contribution in [0.25, 0.3) is 0 Å². The number of anilines is 2. The molecule has 7 heteroatoms. The van der Waals surface area contributed by atoms with Crippen molar-refractivity contribution in [3.05, 3.63) is 23.2 Å². The second kappa shape index (κ2) is 6.44. The van der Waals surface area contributed by atoms with Gasteiger partial charge >= 0.3 is 0 Å². The lowest BCUT2D eigenvalue weighted by Gasteiger charge is -2.30. The van der Waals surface area contributed by atoms with Gasteiger partial charge in [-0.15, -0.1) is 0 Å². The number of carbonyl (C=O) groups is 2. The highest BCUT2D eigenvalue weighted by atomic mass is 35.5. The van der Waals surface area contributed by atoms with Crippen LogP contribution in [0.1, 0.15) is 6.42 Å². The number of rotatable bonds is 3. The van der Waals surface area contributed by atoms with Crippen LogP contribution in [0.4, 0.5) is 11.4 Å². The Labute approximate surface area is 138 Å². The smallest absolute Gasteiger partial charge is 0.227 e. The van der Waals surface area contributed by atoms with E-state index >= 15 is 0 Å². The van der Waals surface area contributed by atoms with E-state index in [0.717, 1.165) is 18.8 Å². The molecule has 22 heavy (non-hydrogen) atoms. The second-order valence-corrected chi connectivity index (χ2v) is 6.22. The Balaban J connectivity index is 1.80. The Morgan fingerprint density at radius 1 is 1.27 bits per heavy atom. The van der Waals surface area contributed by atoms with Crippen LogP contribution < -0.4 is 9.80 Å². The van der Waals surface area contributed by atoms with Crippen LogP contribution >= 0.6 is 23.2 Å². The zero-order valence-electron chi connectivity index (χ0n) is 11.9. The molecule has 0 aliphatic carbocycles. The van der Waals surface area contributed by atoms with Crippen LogP contribution in [0.15, 0.2) is 18.2 Å². The monoisotopic (exact) mass is 342 g/mol. The van der Waals surface area contributed by atoms with E-state index < -0.39 is 11.2 Å². The van der Waals surface area contributed by atoms with Crippen LogP contribution in [0.2, 0.25) is 5.02 Å². The fourth-order valence-corrected chi connectivity index (χ4v) is 3.27. The lowest BCUT2D eigenvalue weighted by molar-refractivity contribution is -0.120. The van der Waals surface area contributed by atoms with Gasteiger partial charge in [-0.05, 0) is 29.8 Å². The molecule has 2 aliphatic rings. The summed E-state index contributed by atoms with van der Waals surface area (Å²) in [5.74, 6) is -0.541. The predicted octanol–water partition coefficient (Wildman–Crippen LogP) is 2.29. The molecule has 0 spiro atoms. The third kappa shape index (κ3) is 3.07. The molecule has 0 aromatic heterocycles.